The van der Waals surface area contributed by atoms with Crippen molar-refractivity contribution in [1.29, 1.82) is 0 Å². The second-order valence-corrected chi connectivity index (χ2v) is 3.61. The summed E-state index contributed by atoms with van der Waals surface area (Å²) >= 11 is 0. The van der Waals surface area contributed by atoms with Crippen LogP contribution in [0.15, 0.2) is 0 Å². The minimum absolute atomic E-state index is 0.631. The SMILES string of the molecule is CC(=O)C(O)[C@H]1OC(O)[C@H](N)[C@@H](O)[C@H]1O. The number of ketones is 1. The van der Waals surface area contributed by atoms with Gasteiger partial charge < -0.3 is 30.9 Å². The molecule has 0 radical (unpaired) electrons. The van der Waals surface area contributed by atoms with Gasteiger partial charge in [0.25, 0.3) is 0 Å². The van der Waals surface area contributed by atoms with Crippen molar-refractivity contribution < 1.29 is 30.0 Å². The van der Waals surface area contributed by atoms with Crippen molar-refractivity contribution in [2.75, 3.05) is 0 Å². The summed E-state index contributed by atoms with van der Waals surface area (Å²) in [6.07, 6.45) is -7.46. The molecule has 1 aliphatic rings. The van der Waals surface area contributed by atoms with E-state index in [4.69, 9.17) is 10.5 Å². The fourth-order valence-electron chi connectivity index (χ4n) is 1.42. The maximum absolute atomic E-state index is 10.8. The first-order valence-corrected chi connectivity index (χ1v) is 4.50. The van der Waals surface area contributed by atoms with E-state index in [9.17, 15) is 25.2 Å². The Morgan fingerprint density at radius 3 is 2.33 bits per heavy atom. The molecule has 1 aliphatic heterocycles. The van der Waals surface area contributed by atoms with Crippen LogP contribution in [0, 0.1) is 0 Å². The van der Waals surface area contributed by atoms with Crippen LogP contribution in [0.4, 0.5) is 0 Å². The number of carbonyl (C=O) groups is 1. The molecule has 88 valence electrons. The number of Topliss-reactive ketones (excluding diaryl/α,β-unsaturated/α-hetero) is 1. The van der Waals surface area contributed by atoms with Crippen molar-refractivity contribution in [1.82, 2.24) is 0 Å². The molecule has 0 amide bonds. The van der Waals surface area contributed by atoms with Crippen LogP contribution in [0.2, 0.25) is 0 Å². The second kappa shape index (κ2) is 4.52. The Morgan fingerprint density at radius 2 is 1.87 bits per heavy atom. The zero-order chi connectivity index (χ0) is 11.7. The number of nitrogens with two attached hydrogens (primary N) is 1. The van der Waals surface area contributed by atoms with Gasteiger partial charge in [-0.05, 0) is 6.92 Å². The smallest absolute Gasteiger partial charge is 0.173 e. The van der Waals surface area contributed by atoms with Gasteiger partial charge in [0.05, 0.1) is 6.04 Å². The Kier molecular flexibility index (Phi) is 3.77. The highest BCUT2D eigenvalue weighted by Crippen LogP contribution is 2.21. The first-order chi connectivity index (χ1) is 6.86. The van der Waals surface area contributed by atoms with Crippen LogP contribution in [-0.2, 0) is 9.53 Å². The summed E-state index contributed by atoms with van der Waals surface area (Å²) in [5.74, 6) is -0.631. The van der Waals surface area contributed by atoms with Crippen molar-refractivity contribution in [3.05, 3.63) is 0 Å². The van der Waals surface area contributed by atoms with E-state index in [0.29, 0.717) is 0 Å². The Labute approximate surface area is 86.1 Å². The Morgan fingerprint density at radius 1 is 1.33 bits per heavy atom. The third kappa shape index (κ3) is 2.33. The lowest BCUT2D eigenvalue weighted by atomic mass is 9.93. The lowest BCUT2D eigenvalue weighted by Crippen LogP contribution is -2.64. The second-order valence-electron chi connectivity index (χ2n) is 3.61. The van der Waals surface area contributed by atoms with Gasteiger partial charge in [-0.25, -0.2) is 0 Å². The first kappa shape index (κ1) is 12.5. The van der Waals surface area contributed by atoms with Gasteiger partial charge in [0.2, 0.25) is 0 Å². The minimum atomic E-state index is -1.60. The van der Waals surface area contributed by atoms with E-state index in [2.05, 4.69) is 0 Å². The van der Waals surface area contributed by atoms with E-state index < -0.39 is 42.5 Å². The number of ether oxygens (including phenoxy) is 1. The normalized spacial score (nSPS) is 43.7. The highest BCUT2D eigenvalue weighted by molar-refractivity contribution is 5.80. The molecule has 1 fully saturated rings. The van der Waals surface area contributed by atoms with E-state index >= 15 is 0 Å². The Balaban J connectivity index is 2.78. The molecule has 15 heavy (non-hydrogen) atoms. The highest BCUT2D eigenvalue weighted by Gasteiger charge is 2.45. The van der Waals surface area contributed by atoms with Gasteiger partial charge in [0.15, 0.2) is 12.1 Å². The van der Waals surface area contributed by atoms with Gasteiger partial charge in [0.1, 0.15) is 24.4 Å². The lowest BCUT2D eigenvalue weighted by molar-refractivity contribution is -0.259. The predicted molar refractivity (Wildman–Crippen MR) is 47.6 cm³/mol. The van der Waals surface area contributed by atoms with Gasteiger partial charge >= 0.3 is 0 Å². The molecule has 0 bridgehead atoms. The van der Waals surface area contributed by atoms with Crippen LogP contribution in [0.3, 0.4) is 0 Å². The monoisotopic (exact) mass is 221 g/mol. The van der Waals surface area contributed by atoms with Crippen LogP contribution in [-0.4, -0.2) is 63.0 Å². The largest absolute Gasteiger partial charge is 0.388 e. The maximum atomic E-state index is 10.8. The van der Waals surface area contributed by atoms with Gasteiger partial charge in [0, 0.05) is 0 Å². The highest BCUT2D eigenvalue weighted by atomic mass is 16.6. The molecule has 0 aromatic heterocycles. The molecule has 0 spiro atoms. The van der Waals surface area contributed by atoms with Crippen molar-refractivity contribution in [3.63, 3.8) is 0 Å². The standard InChI is InChI=1S/C8H15NO6/c1-2(10)4(11)7-6(13)5(12)3(9)8(14)15-7/h3-8,11-14H,9H2,1H3/t3-,4?,5-,6-,7-,8?/m1/s1. The van der Waals surface area contributed by atoms with Crippen molar-refractivity contribution >= 4 is 5.78 Å². The van der Waals surface area contributed by atoms with E-state index in [-0.39, 0.29) is 0 Å². The molecule has 0 aliphatic carbocycles. The number of carbonyl (C=O) groups excluding carboxylic acids is 1. The maximum Gasteiger partial charge on any atom is 0.173 e. The van der Waals surface area contributed by atoms with Gasteiger partial charge in [-0.15, -0.1) is 0 Å². The molecule has 6 N–H and O–H groups in total. The van der Waals surface area contributed by atoms with E-state index in [0.717, 1.165) is 6.92 Å². The van der Waals surface area contributed by atoms with Gasteiger partial charge in [-0.3, -0.25) is 4.79 Å². The molecule has 0 aromatic rings. The average Bonchev–Trinajstić information content (AvgIpc) is 2.19. The molecule has 0 aromatic carbocycles. The molecule has 0 saturated carbocycles. The molecular formula is C8H15NO6. The molecule has 7 heteroatoms. The molecule has 2 unspecified atom stereocenters. The van der Waals surface area contributed by atoms with Crippen LogP contribution in [0.25, 0.3) is 0 Å². The summed E-state index contributed by atoms with van der Waals surface area (Å²) in [5.41, 5.74) is 5.30. The number of hydrogen-bond acceptors (Lipinski definition) is 7. The zero-order valence-electron chi connectivity index (χ0n) is 8.15. The van der Waals surface area contributed by atoms with Crippen LogP contribution < -0.4 is 5.73 Å². The summed E-state index contributed by atoms with van der Waals surface area (Å²) in [7, 11) is 0. The van der Waals surface area contributed by atoms with E-state index in [1.165, 1.54) is 0 Å². The van der Waals surface area contributed by atoms with Crippen molar-refractivity contribution in [2.24, 2.45) is 5.73 Å². The zero-order valence-corrected chi connectivity index (χ0v) is 8.15. The first-order valence-electron chi connectivity index (χ1n) is 4.50. The summed E-state index contributed by atoms with van der Waals surface area (Å²) in [6, 6.07) is -1.17. The molecule has 6 atom stereocenters. The van der Waals surface area contributed by atoms with Crippen LogP contribution >= 0.6 is 0 Å². The number of hydrogen-bond donors (Lipinski definition) is 5. The third-order valence-electron chi connectivity index (χ3n) is 2.43. The molecule has 1 heterocycles. The van der Waals surface area contributed by atoms with Gasteiger partial charge in [-0.2, -0.15) is 0 Å². The quantitative estimate of drug-likeness (QED) is 0.330. The average molecular weight is 221 g/mol. The van der Waals surface area contributed by atoms with Crippen LogP contribution in [0.1, 0.15) is 6.92 Å². The number of rotatable bonds is 2. The molecular weight excluding hydrogens is 206 g/mol. The minimum Gasteiger partial charge on any atom is -0.388 e. The molecule has 1 saturated heterocycles. The Hall–Kier alpha value is -0.570. The lowest BCUT2D eigenvalue weighted by Gasteiger charge is -2.40. The number of aliphatic hydroxyl groups is 4. The predicted octanol–water partition coefficient (Wildman–Crippen LogP) is -3.30. The summed E-state index contributed by atoms with van der Waals surface area (Å²) in [4.78, 5) is 10.8. The van der Waals surface area contributed by atoms with Crippen molar-refractivity contribution in [3.8, 4) is 0 Å². The summed E-state index contributed by atoms with van der Waals surface area (Å²) < 4.78 is 4.75. The fourth-order valence-corrected chi connectivity index (χ4v) is 1.42. The summed E-state index contributed by atoms with van der Waals surface area (Å²) in [6.45, 7) is 1.11. The Bertz CT molecular complexity index is 247. The topological polar surface area (TPSA) is 133 Å². The third-order valence-corrected chi connectivity index (χ3v) is 2.43. The van der Waals surface area contributed by atoms with E-state index in [1.807, 2.05) is 0 Å². The molecule has 7 nitrogen and oxygen atoms in total. The molecule has 1 rings (SSSR count). The summed E-state index contributed by atoms with van der Waals surface area (Å²) in [5, 5.41) is 37.4. The number of aliphatic hydroxyl groups excluding tert-OH is 4. The van der Waals surface area contributed by atoms with Crippen LogP contribution in [0.5, 0.6) is 0 Å². The fraction of sp³-hybridized carbons (Fsp3) is 0.875. The van der Waals surface area contributed by atoms with Crippen molar-refractivity contribution in [2.45, 2.75) is 43.7 Å². The van der Waals surface area contributed by atoms with Gasteiger partial charge in [-0.1, -0.05) is 0 Å². The van der Waals surface area contributed by atoms with E-state index in [1.54, 1.807) is 0 Å².